The number of aryl methyl sites for hydroxylation is 1. The molecule has 2 aromatic rings. The zero-order valence-electron chi connectivity index (χ0n) is 11.2. The molecule has 0 saturated carbocycles. The first kappa shape index (κ1) is 14.6. The van der Waals surface area contributed by atoms with Gasteiger partial charge in [-0.3, -0.25) is 10.1 Å². The van der Waals surface area contributed by atoms with E-state index in [0.717, 1.165) is 10.5 Å². The number of aliphatic hydroxyl groups excluding tert-OH is 1. The number of rotatable bonds is 4. The van der Waals surface area contributed by atoms with Crippen molar-refractivity contribution in [1.29, 1.82) is 0 Å². The van der Waals surface area contributed by atoms with Crippen LogP contribution < -0.4 is 0 Å². The molecular weight excluding hydrogens is 274 g/mol. The van der Waals surface area contributed by atoms with Gasteiger partial charge in [0, 0.05) is 11.0 Å². The quantitative estimate of drug-likeness (QED) is 0.679. The first-order chi connectivity index (χ1) is 9.47. The SMILES string of the molecule is Cc1cccc(Sc2ccc([C@H](C)O)cc2[N+](=O)[O-])c1. The average Bonchev–Trinajstić information content (AvgIpc) is 2.38. The third kappa shape index (κ3) is 3.37. The molecule has 0 aliphatic heterocycles. The summed E-state index contributed by atoms with van der Waals surface area (Å²) in [5.41, 5.74) is 1.68. The lowest BCUT2D eigenvalue weighted by atomic mass is 10.1. The van der Waals surface area contributed by atoms with E-state index in [0.29, 0.717) is 10.5 Å². The number of nitro groups is 1. The van der Waals surface area contributed by atoms with E-state index in [-0.39, 0.29) is 5.69 Å². The first-order valence-electron chi connectivity index (χ1n) is 6.18. The largest absolute Gasteiger partial charge is 0.389 e. The highest BCUT2D eigenvalue weighted by Gasteiger charge is 2.17. The summed E-state index contributed by atoms with van der Waals surface area (Å²) >= 11 is 1.35. The van der Waals surface area contributed by atoms with E-state index in [1.165, 1.54) is 17.8 Å². The number of aliphatic hydroxyl groups is 1. The number of hydrogen-bond donors (Lipinski definition) is 1. The van der Waals surface area contributed by atoms with Gasteiger partial charge in [0.2, 0.25) is 0 Å². The lowest BCUT2D eigenvalue weighted by Crippen LogP contribution is -1.96. The second kappa shape index (κ2) is 6.07. The van der Waals surface area contributed by atoms with Crippen molar-refractivity contribution in [3.8, 4) is 0 Å². The second-order valence-electron chi connectivity index (χ2n) is 4.58. The van der Waals surface area contributed by atoms with Gasteiger partial charge in [-0.25, -0.2) is 0 Å². The van der Waals surface area contributed by atoms with Gasteiger partial charge in [-0.05, 0) is 37.6 Å². The molecule has 0 unspecified atom stereocenters. The molecule has 5 heteroatoms. The summed E-state index contributed by atoms with van der Waals surface area (Å²) in [6.07, 6.45) is -0.716. The van der Waals surface area contributed by atoms with Crippen LogP contribution in [0.15, 0.2) is 52.3 Å². The van der Waals surface area contributed by atoms with Crippen molar-refractivity contribution in [1.82, 2.24) is 0 Å². The van der Waals surface area contributed by atoms with E-state index in [4.69, 9.17) is 0 Å². The molecular formula is C15H15NO3S. The molecule has 2 aromatic carbocycles. The summed E-state index contributed by atoms with van der Waals surface area (Å²) in [5, 5.41) is 20.7. The lowest BCUT2D eigenvalue weighted by molar-refractivity contribution is -0.387. The van der Waals surface area contributed by atoms with Crippen molar-refractivity contribution >= 4 is 17.4 Å². The molecule has 2 rings (SSSR count). The van der Waals surface area contributed by atoms with E-state index in [2.05, 4.69) is 0 Å². The Morgan fingerprint density at radius 2 is 2.00 bits per heavy atom. The smallest absolute Gasteiger partial charge is 0.283 e. The lowest BCUT2D eigenvalue weighted by Gasteiger charge is -2.08. The molecule has 4 nitrogen and oxygen atoms in total. The summed E-state index contributed by atoms with van der Waals surface area (Å²) in [4.78, 5) is 12.3. The van der Waals surface area contributed by atoms with E-state index < -0.39 is 11.0 Å². The molecule has 0 aromatic heterocycles. The molecule has 0 aliphatic carbocycles. The van der Waals surface area contributed by atoms with Crippen molar-refractivity contribution in [2.24, 2.45) is 0 Å². The van der Waals surface area contributed by atoms with Crippen LogP contribution in [0.1, 0.15) is 24.2 Å². The third-order valence-electron chi connectivity index (χ3n) is 2.88. The van der Waals surface area contributed by atoms with Crippen LogP contribution in [0.3, 0.4) is 0 Å². The molecule has 0 aliphatic rings. The van der Waals surface area contributed by atoms with Gasteiger partial charge in [0.15, 0.2) is 0 Å². The zero-order valence-corrected chi connectivity index (χ0v) is 12.1. The van der Waals surface area contributed by atoms with Crippen molar-refractivity contribution in [2.45, 2.75) is 29.7 Å². The minimum absolute atomic E-state index is 0.0231. The minimum Gasteiger partial charge on any atom is -0.389 e. The van der Waals surface area contributed by atoms with Crippen LogP contribution in [0.4, 0.5) is 5.69 Å². The van der Waals surface area contributed by atoms with Gasteiger partial charge in [0.1, 0.15) is 0 Å². The van der Waals surface area contributed by atoms with Gasteiger partial charge in [-0.15, -0.1) is 0 Å². The van der Waals surface area contributed by atoms with Crippen molar-refractivity contribution < 1.29 is 10.0 Å². The molecule has 0 spiro atoms. The maximum Gasteiger partial charge on any atom is 0.283 e. The van der Waals surface area contributed by atoms with Crippen LogP contribution in [0.2, 0.25) is 0 Å². The topological polar surface area (TPSA) is 63.4 Å². The van der Waals surface area contributed by atoms with Crippen molar-refractivity contribution in [2.75, 3.05) is 0 Å². The molecule has 0 heterocycles. The van der Waals surface area contributed by atoms with Crippen LogP contribution in [0.5, 0.6) is 0 Å². The summed E-state index contributed by atoms with van der Waals surface area (Å²) in [7, 11) is 0. The third-order valence-corrected chi connectivity index (χ3v) is 3.93. The van der Waals surface area contributed by atoms with Crippen LogP contribution in [0.25, 0.3) is 0 Å². The van der Waals surface area contributed by atoms with E-state index >= 15 is 0 Å². The summed E-state index contributed by atoms with van der Waals surface area (Å²) in [6.45, 7) is 3.57. The van der Waals surface area contributed by atoms with Crippen LogP contribution in [-0.4, -0.2) is 10.0 Å². The Kier molecular flexibility index (Phi) is 4.42. The number of nitrogens with zero attached hydrogens (tertiary/aromatic N) is 1. The molecule has 0 radical (unpaired) electrons. The van der Waals surface area contributed by atoms with Crippen LogP contribution >= 0.6 is 11.8 Å². The highest BCUT2D eigenvalue weighted by molar-refractivity contribution is 7.99. The first-order valence-corrected chi connectivity index (χ1v) is 7.00. The molecule has 0 saturated heterocycles. The Labute approximate surface area is 121 Å². The van der Waals surface area contributed by atoms with Gasteiger partial charge < -0.3 is 5.11 Å². The van der Waals surface area contributed by atoms with E-state index in [1.807, 2.05) is 31.2 Å². The van der Waals surface area contributed by atoms with Gasteiger partial charge >= 0.3 is 0 Å². The Hall–Kier alpha value is -1.85. The fourth-order valence-corrected chi connectivity index (χ4v) is 2.85. The average molecular weight is 289 g/mol. The number of benzene rings is 2. The van der Waals surface area contributed by atoms with Gasteiger partial charge in [0.25, 0.3) is 5.69 Å². The normalized spacial score (nSPS) is 12.2. The second-order valence-corrected chi connectivity index (χ2v) is 5.69. The predicted octanol–water partition coefficient (Wildman–Crippen LogP) is 4.11. The Balaban J connectivity index is 2.38. The number of nitro benzene ring substituents is 1. The number of hydrogen-bond acceptors (Lipinski definition) is 4. The molecule has 1 N–H and O–H groups in total. The maximum atomic E-state index is 11.2. The fraction of sp³-hybridized carbons (Fsp3) is 0.200. The van der Waals surface area contributed by atoms with E-state index in [1.54, 1.807) is 19.1 Å². The Morgan fingerprint density at radius 3 is 2.60 bits per heavy atom. The summed E-state index contributed by atoms with van der Waals surface area (Å²) < 4.78 is 0. The van der Waals surface area contributed by atoms with Gasteiger partial charge in [-0.1, -0.05) is 35.5 Å². The van der Waals surface area contributed by atoms with Crippen molar-refractivity contribution in [3.05, 3.63) is 63.7 Å². The standard InChI is InChI=1S/C15H15NO3S/c1-10-4-3-5-13(8-10)20-15-7-6-12(11(2)17)9-14(15)16(18)19/h3-9,11,17H,1-2H3/t11-/m0/s1. The monoisotopic (exact) mass is 289 g/mol. The Bertz CT molecular complexity index is 641. The molecule has 0 fully saturated rings. The summed E-state index contributed by atoms with van der Waals surface area (Å²) in [5.74, 6) is 0. The van der Waals surface area contributed by atoms with E-state index in [9.17, 15) is 15.2 Å². The molecule has 104 valence electrons. The molecule has 1 atom stereocenters. The summed E-state index contributed by atoms with van der Waals surface area (Å²) in [6, 6.07) is 12.6. The van der Waals surface area contributed by atoms with Gasteiger partial charge in [0.05, 0.1) is 15.9 Å². The Morgan fingerprint density at radius 1 is 1.25 bits per heavy atom. The van der Waals surface area contributed by atoms with Crippen molar-refractivity contribution in [3.63, 3.8) is 0 Å². The maximum absolute atomic E-state index is 11.2. The van der Waals surface area contributed by atoms with Crippen LogP contribution in [-0.2, 0) is 0 Å². The molecule has 0 amide bonds. The van der Waals surface area contributed by atoms with Crippen LogP contribution in [0, 0.1) is 17.0 Å². The predicted molar refractivity (Wildman–Crippen MR) is 79.0 cm³/mol. The minimum atomic E-state index is -0.716. The molecule has 0 bridgehead atoms. The highest BCUT2D eigenvalue weighted by atomic mass is 32.2. The highest BCUT2D eigenvalue weighted by Crippen LogP contribution is 2.36. The molecule has 20 heavy (non-hydrogen) atoms. The van der Waals surface area contributed by atoms with Gasteiger partial charge in [-0.2, -0.15) is 0 Å². The zero-order chi connectivity index (χ0) is 14.7. The fourth-order valence-electron chi connectivity index (χ4n) is 1.83.